The van der Waals surface area contributed by atoms with Gasteiger partial charge in [0.05, 0.1) is 0 Å². The molecule has 2 aromatic carbocycles. The second-order valence-corrected chi connectivity index (χ2v) is 6.40. The first-order valence-electron chi connectivity index (χ1n) is 5.98. The Hall–Kier alpha value is -2.12. The molecule has 0 aliphatic carbocycles. The molecule has 0 saturated heterocycles. The average Bonchev–Trinajstić information content (AvgIpc) is 2.81. The van der Waals surface area contributed by atoms with Gasteiger partial charge in [0.15, 0.2) is 0 Å². The number of benzene rings is 2. The van der Waals surface area contributed by atoms with E-state index in [4.69, 9.17) is 15.9 Å². The lowest BCUT2D eigenvalue weighted by molar-refractivity contribution is 0.245. The predicted molar refractivity (Wildman–Crippen MR) is 77.5 cm³/mol. The molecule has 3 aromatic rings. The van der Waals surface area contributed by atoms with Gasteiger partial charge in [-0.15, -0.1) is 5.10 Å². The van der Waals surface area contributed by atoms with Crippen LogP contribution in [-0.4, -0.2) is 23.6 Å². The lowest BCUT2D eigenvalue weighted by Gasteiger charge is -2.06. The number of aryl methyl sites for hydroxylation is 1. The number of fused-ring (bicyclic) bond motifs is 1. The van der Waals surface area contributed by atoms with Crippen LogP contribution in [0.15, 0.2) is 47.4 Å². The van der Waals surface area contributed by atoms with E-state index in [2.05, 4.69) is 10.3 Å². The maximum absolute atomic E-state index is 12.2. The van der Waals surface area contributed by atoms with Crippen LogP contribution in [-0.2, 0) is 10.1 Å². The van der Waals surface area contributed by atoms with Crippen molar-refractivity contribution in [2.75, 3.05) is 0 Å². The van der Waals surface area contributed by atoms with Crippen LogP contribution in [0.2, 0.25) is 5.02 Å². The van der Waals surface area contributed by atoms with Crippen molar-refractivity contribution >= 4 is 32.8 Å². The Morgan fingerprint density at radius 1 is 1.14 bits per heavy atom. The molecule has 0 atom stereocenters. The number of rotatable bonds is 3. The first-order valence-corrected chi connectivity index (χ1v) is 7.77. The molecule has 1 heterocycles. The normalized spacial score (nSPS) is 11.7. The molecule has 1 aromatic heterocycles. The van der Waals surface area contributed by atoms with E-state index in [9.17, 15) is 8.42 Å². The highest BCUT2D eigenvalue weighted by Crippen LogP contribution is 2.18. The van der Waals surface area contributed by atoms with Crippen LogP contribution in [0.3, 0.4) is 0 Å². The number of nitrogens with zero attached hydrogens (tertiary/aromatic N) is 3. The molecule has 0 aliphatic rings. The summed E-state index contributed by atoms with van der Waals surface area (Å²) in [6, 6.07) is 11.1. The van der Waals surface area contributed by atoms with Gasteiger partial charge in [0, 0.05) is 5.02 Å². The zero-order valence-electron chi connectivity index (χ0n) is 10.9. The highest BCUT2D eigenvalue weighted by Gasteiger charge is 2.19. The fourth-order valence-corrected chi connectivity index (χ4v) is 2.79. The molecule has 0 spiro atoms. The molecule has 0 unspecified atom stereocenters. The van der Waals surface area contributed by atoms with Gasteiger partial charge in [0.25, 0.3) is 0 Å². The van der Waals surface area contributed by atoms with E-state index in [1.165, 1.54) is 18.2 Å². The number of hydrogen-bond donors (Lipinski definition) is 0. The third-order valence-electron chi connectivity index (χ3n) is 2.86. The number of hydrogen-bond acceptors (Lipinski definition) is 5. The zero-order valence-corrected chi connectivity index (χ0v) is 12.5. The Balaban J connectivity index is 2.01. The first-order chi connectivity index (χ1) is 9.95. The summed E-state index contributed by atoms with van der Waals surface area (Å²) in [5, 5.41) is 7.92. The molecule has 0 fully saturated rings. The molecule has 0 amide bonds. The van der Waals surface area contributed by atoms with Crippen LogP contribution in [0.5, 0.6) is 0 Å². The number of aromatic nitrogens is 3. The summed E-state index contributed by atoms with van der Waals surface area (Å²) in [6.07, 6.45) is 0. The molecule has 108 valence electrons. The molecule has 21 heavy (non-hydrogen) atoms. The maximum Gasteiger partial charge on any atom is 0.358 e. The second-order valence-electron chi connectivity index (χ2n) is 4.44. The molecular weight excluding hydrogens is 314 g/mol. The van der Waals surface area contributed by atoms with Gasteiger partial charge in [-0.05, 0) is 42.5 Å². The average molecular weight is 324 g/mol. The van der Waals surface area contributed by atoms with Gasteiger partial charge < -0.3 is 0 Å². The summed E-state index contributed by atoms with van der Waals surface area (Å²) in [5.74, 6) is 0. The molecule has 0 aliphatic heterocycles. The van der Waals surface area contributed by atoms with Gasteiger partial charge in [-0.3, -0.25) is 4.28 Å². The molecule has 8 heteroatoms. The fourth-order valence-electron chi connectivity index (χ4n) is 1.77. The minimum Gasteiger partial charge on any atom is -0.264 e. The van der Waals surface area contributed by atoms with Crippen molar-refractivity contribution in [1.82, 2.24) is 15.2 Å². The van der Waals surface area contributed by atoms with Gasteiger partial charge in [0.2, 0.25) is 0 Å². The molecule has 0 saturated carbocycles. The Morgan fingerprint density at radius 2 is 1.86 bits per heavy atom. The van der Waals surface area contributed by atoms with Crippen LogP contribution < -0.4 is 4.28 Å². The van der Waals surface area contributed by atoms with Crippen LogP contribution in [0.1, 0.15) is 5.56 Å². The van der Waals surface area contributed by atoms with E-state index in [0.29, 0.717) is 16.1 Å². The Kier molecular flexibility index (Phi) is 3.30. The topological polar surface area (TPSA) is 74.1 Å². The summed E-state index contributed by atoms with van der Waals surface area (Å²) in [5.41, 5.74) is 1.81. The van der Waals surface area contributed by atoms with Crippen molar-refractivity contribution in [1.29, 1.82) is 0 Å². The van der Waals surface area contributed by atoms with E-state index in [1.807, 2.05) is 6.92 Å². The Bertz CT molecular complexity index is 904. The fraction of sp³-hybridized carbons (Fsp3) is 0.0769. The first kappa shape index (κ1) is 13.8. The van der Waals surface area contributed by atoms with E-state index in [1.54, 1.807) is 24.3 Å². The highest BCUT2D eigenvalue weighted by atomic mass is 35.5. The van der Waals surface area contributed by atoms with Crippen LogP contribution in [0, 0.1) is 6.92 Å². The number of halogens is 1. The minimum atomic E-state index is -3.99. The van der Waals surface area contributed by atoms with E-state index >= 15 is 0 Å². The summed E-state index contributed by atoms with van der Waals surface area (Å²) >= 11 is 5.88. The monoisotopic (exact) mass is 323 g/mol. The predicted octanol–water partition coefficient (Wildman–Crippen LogP) is 2.21. The second kappa shape index (κ2) is 5.01. The minimum absolute atomic E-state index is 0.0405. The summed E-state index contributed by atoms with van der Waals surface area (Å²) < 4.78 is 29.4. The van der Waals surface area contributed by atoms with Gasteiger partial charge >= 0.3 is 10.1 Å². The SMILES string of the molecule is Cc1ccc(S(=O)(=O)On2nnc3ccc(Cl)cc32)cc1. The highest BCUT2D eigenvalue weighted by molar-refractivity contribution is 7.87. The third kappa shape index (κ3) is 2.70. The lowest BCUT2D eigenvalue weighted by atomic mass is 10.2. The lowest BCUT2D eigenvalue weighted by Crippen LogP contribution is -2.21. The summed E-state index contributed by atoms with van der Waals surface area (Å²) in [6.45, 7) is 1.87. The van der Waals surface area contributed by atoms with E-state index in [-0.39, 0.29) is 4.90 Å². The van der Waals surface area contributed by atoms with Crippen molar-refractivity contribution < 1.29 is 12.7 Å². The van der Waals surface area contributed by atoms with Crippen molar-refractivity contribution in [3.63, 3.8) is 0 Å². The Morgan fingerprint density at radius 3 is 2.57 bits per heavy atom. The third-order valence-corrected chi connectivity index (χ3v) is 4.28. The van der Waals surface area contributed by atoms with Gasteiger partial charge in [-0.25, -0.2) is 0 Å². The van der Waals surface area contributed by atoms with Gasteiger partial charge in [-0.1, -0.05) is 34.1 Å². The molecule has 0 radical (unpaired) electrons. The standard InChI is InChI=1S/C13H10ClN3O3S/c1-9-2-5-11(6-3-9)21(18,19)20-17-13-8-10(14)4-7-12(13)15-16-17/h2-8H,1H3. The van der Waals surface area contributed by atoms with Crippen LogP contribution in [0.4, 0.5) is 0 Å². The van der Waals surface area contributed by atoms with Crippen molar-refractivity contribution in [3.8, 4) is 0 Å². The van der Waals surface area contributed by atoms with Crippen molar-refractivity contribution in [2.24, 2.45) is 0 Å². The molecule has 6 nitrogen and oxygen atoms in total. The molecule has 0 N–H and O–H groups in total. The van der Waals surface area contributed by atoms with Crippen LogP contribution in [0.25, 0.3) is 11.0 Å². The van der Waals surface area contributed by atoms with E-state index < -0.39 is 10.1 Å². The molecule has 0 bridgehead atoms. The maximum atomic E-state index is 12.2. The molecule has 3 rings (SSSR count). The van der Waals surface area contributed by atoms with E-state index in [0.717, 1.165) is 10.4 Å². The van der Waals surface area contributed by atoms with Gasteiger partial charge in [0.1, 0.15) is 15.9 Å². The zero-order chi connectivity index (χ0) is 15.0. The van der Waals surface area contributed by atoms with Crippen molar-refractivity contribution in [2.45, 2.75) is 11.8 Å². The Labute approximate surface area is 126 Å². The van der Waals surface area contributed by atoms with Crippen molar-refractivity contribution in [3.05, 3.63) is 53.1 Å². The summed E-state index contributed by atoms with van der Waals surface area (Å²) in [4.78, 5) is 0.884. The smallest absolute Gasteiger partial charge is 0.264 e. The summed E-state index contributed by atoms with van der Waals surface area (Å²) in [7, 11) is -3.99. The largest absolute Gasteiger partial charge is 0.358 e. The van der Waals surface area contributed by atoms with Crippen LogP contribution >= 0.6 is 11.6 Å². The van der Waals surface area contributed by atoms with Gasteiger partial charge in [-0.2, -0.15) is 8.42 Å². The molecular formula is C13H10ClN3O3S. The quantitative estimate of drug-likeness (QED) is 0.738.